The van der Waals surface area contributed by atoms with E-state index in [1.807, 2.05) is 0 Å². The van der Waals surface area contributed by atoms with Crippen LogP contribution >= 0.6 is 0 Å². The van der Waals surface area contributed by atoms with Crippen LogP contribution in [0, 0.1) is 0 Å². The maximum Gasteiger partial charge on any atom is 0.226 e. The molecule has 2 heterocycles. The Morgan fingerprint density at radius 1 is 1.21 bits per heavy atom. The minimum atomic E-state index is -0.117. The van der Waals surface area contributed by atoms with Gasteiger partial charge < -0.3 is 9.47 Å². The molecule has 0 N–H and O–H groups in total. The summed E-state index contributed by atoms with van der Waals surface area (Å²) in [6.07, 6.45) is 2.86. The first kappa shape index (κ1) is 12.9. The fraction of sp³-hybridized carbons (Fsp3) is 0.231. The Morgan fingerprint density at radius 3 is 2.63 bits per heavy atom. The summed E-state index contributed by atoms with van der Waals surface area (Å²) in [5, 5.41) is 0. The van der Waals surface area contributed by atoms with Gasteiger partial charge in [-0.2, -0.15) is 4.98 Å². The van der Waals surface area contributed by atoms with E-state index in [4.69, 9.17) is 9.47 Å². The number of ether oxygens (including phenoxy) is 2. The van der Waals surface area contributed by atoms with Crippen LogP contribution in [0.1, 0.15) is 17.3 Å². The summed E-state index contributed by atoms with van der Waals surface area (Å²) in [7, 11) is 3.02. The first-order valence-corrected chi connectivity index (χ1v) is 5.57. The number of hydrogen-bond donors (Lipinski definition) is 0. The molecule has 0 amide bonds. The third-order valence-electron chi connectivity index (χ3n) is 2.58. The predicted octanol–water partition coefficient (Wildman–Crippen LogP) is 1.76. The predicted molar refractivity (Wildman–Crippen MR) is 68.4 cm³/mol. The summed E-state index contributed by atoms with van der Waals surface area (Å²) in [4.78, 5) is 23.8. The van der Waals surface area contributed by atoms with Crippen LogP contribution in [0.3, 0.4) is 0 Å². The number of nitrogens with zero attached hydrogens (tertiary/aromatic N) is 3. The van der Waals surface area contributed by atoms with Crippen LogP contribution in [0.15, 0.2) is 24.7 Å². The topological polar surface area (TPSA) is 74.2 Å². The van der Waals surface area contributed by atoms with E-state index in [0.717, 1.165) is 0 Å². The van der Waals surface area contributed by atoms with Crippen molar-refractivity contribution in [2.45, 2.75) is 6.92 Å². The van der Waals surface area contributed by atoms with Gasteiger partial charge >= 0.3 is 0 Å². The first-order valence-electron chi connectivity index (χ1n) is 5.57. The van der Waals surface area contributed by atoms with Crippen molar-refractivity contribution in [3.05, 3.63) is 30.2 Å². The fourth-order valence-electron chi connectivity index (χ4n) is 1.67. The second kappa shape index (κ2) is 5.43. The maximum atomic E-state index is 11.6. The van der Waals surface area contributed by atoms with Crippen LogP contribution in [-0.4, -0.2) is 35.0 Å². The normalized spacial score (nSPS) is 10.1. The molecule has 0 aromatic carbocycles. The number of ketones is 1. The van der Waals surface area contributed by atoms with Crippen molar-refractivity contribution in [1.82, 2.24) is 15.0 Å². The van der Waals surface area contributed by atoms with Gasteiger partial charge in [0.15, 0.2) is 5.78 Å². The van der Waals surface area contributed by atoms with Crippen molar-refractivity contribution in [3.63, 3.8) is 0 Å². The van der Waals surface area contributed by atoms with Gasteiger partial charge in [-0.25, -0.2) is 9.97 Å². The summed E-state index contributed by atoms with van der Waals surface area (Å²) >= 11 is 0. The zero-order chi connectivity index (χ0) is 13.8. The van der Waals surface area contributed by atoms with Gasteiger partial charge in [-0.15, -0.1) is 0 Å². The molecule has 0 aliphatic rings. The minimum absolute atomic E-state index is 0.117. The number of pyridine rings is 1. The van der Waals surface area contributed by atoms with Gasteiger partial charge in [0.25, 0.3) is 0 Å². The molecule has 0 aliphatic carbocycles. The average molecular weight is 259 g/mol. The highest BCUT2D eigenvalue weighted by Gasteiger charge is 2.16. The van der Waals surface area contributed by atoms with Crippen molar-refractivity contribution < 1.29 is 14.3 Å². The minimum Gasteiger partial charge on any atom is -0.481 e. The van der Waals surface area contributed by atoms with Crippen molar-refractivity contribution in [3.8, 4) is 23.0 Å². The van der Waals surface area contributed by atoms with E-state index in [2.05, 4.69) is 15.0 Å². The van der Waals surface area contributed by atoms with E-state index in [1.165, 1.54) is 33.7 Å². The number of hydrogen-bond acceptors (Lipinski definition) is 6. The van der Waals surface area contributed by atoms with Crippen molar-refractivity contribution in [2.24, 2.45) is 0 Å². The molecule has 0 aliphatic heterocycles. The largest absolute Gasteiger partial charge is 0.481 e. The lowest BCUT2D eigenvalue weighted by atomic mass is 10.1. The molecular formula is C13H13N3O3. The van der Waals surface area contributed by atoms with Crippen LogP contribution in [0.5, 0.6) is 11.8 Å². The number of carbonyl (C=O) groups excluding carboxylic acids is 1. The lowest BCUT2D eigenvalue weighted by molar-refractivity contribution is 0.101. The molecule has 2 aromatic heterocycles. The Hall–Kier alpha value is -2.50. The molecule has 6 heteroatoms. The molecule has 0 saturated carbocycles. The monoisotopic (exact) mass is 259 g/mol. The van der Waals surface area contributed by atoms with Gasteiger partial charge in [0, 0.05) is 12.3 Å². The molecule has 0 bridgehead atoms. The van der Waals surface area contributed by atoms with Gasteiger partial charge in [-0.1, -0.05) is 0 Å². The third kappa shape index (κ3) is 2.52. The quantitative estimate of drug-likeness (QED) is 0.779. The second-order valence-corrected chi connectivity index (χ2v) is 3.75. The summed E-state index contributed by atoms with van der Waals surface area (Å²) in [5.74, 6) is 0.660. The fourth-order valence-corrected chi connectivity index (χ4v) is 1.67. The zero-order valence-corrected chi connectivity index (χ0v) is 10.9. The van der Waals surface area contributed by atoms with Gasteiger partial charge in [0.05, 0.1) is 31.0 Å². The third-order valence-corrected chi connectivity index (χ3v) is 2.58. The highest BCUT2D eigenvalue weighted by atomic mass is 16.5. The van der Waals surface area contributed by atoms with E-state index in [0.29, 0.717) is 28.6 Å². The molecule has 0 atom stereocenters. The van der Waals surface area contributed by atoms with E-state index in [-0.39, 0.29) is 5.78 Å². The van der Waals surface area contributed by atoms with Crippen molar-refractivity contribution in [2.75, 3.05) is 14.2 Å². The molecule has 0 radical (unpaired) electrons. The van der Waals surface area contributed by atoms with Crippen molar-refractivity contribution >= 4 is 5.78 Å². The van der Waals surface area contributed by atoms with Crippen LogP contribution in [0.2, 0.25) is 0 Å². The average Bonchev–Trinajstić information content (AvgIpc) is 2.46. The van der Waals surface area contributed by atoms with E-state index in [9.17, 15) is 4.79 Å². The zero-order valence-electron chi connectivity index (χ0n) is 10.9. The second-order valence-electron chi connectivity index (χ2n) is 3.75. The Kier molecular flexibility index (Phi) is 3.70. The number of rotatable bonds is 4. The van der Waals surface area contributed by atoms with Crippen molar-refractivity contribution in [1.29, 1.82) is 0 Å². The molecule has 6 nitrogen and oxygen atoms in total. The molecule has 98 valence electrons. The number of carbonyl (C=O) groups is 1. The van der Waals surface area contributed by atoms with Crippen LogP contribution in [-0.2, 0) is 0 Å². The molecule has 0 spiro atoms. The summed E-state index contributed by atoms with van der Waals surface area (Å²) in [5.41, 5.74) is 1.54. The Bertz CT molecular complexity index is 614. The molecule has 2 aromatic rings. The molecule has 0 unspecified atom stereocenters. The SMILES string of the molecule is COc1ccc(-c2ncncc2C(C)=O)c(OC)n1. The van der Waals surface area contributed by atoms with Crippen LogP contribution in [0.25, 0.3) is 11.3 Å². The molecular weight excluding hydrogens is 246 g/mol. The van der Waals surface area contributed by atoms with Gasteiger partial charge in [0.2, 0.25) is 11.8 Å². The highest BCUT2D eigenvalue weighted by molar-refractivity contribution is 5.99. The molecule has 19 heavy (non-hydrogen) atoms. The molecule has 2 rings (SSSR count). The Labute approximate surface area is 110 Å². The van der Waals surface area contributed by atoms with Gasteiger partial charge in [-0.05, 0) is 13.0 Å². The number of Topliss-reactive ketones (excluding diaryl/α,β-unsaturated/α-hetero) is 1. The highest BCUT2D eigenvalue weighted by Crippen LogP contribution is 2.30. The standard InChI is InChI=1S/C13H13N3O3/c1-8(17)10-6-14-7-15-12(10)9-4-5-11(18-2)16-13(9)19-3/h4-7H,1-3H3. The lowest BCUT2D eigenvalue weighted by Crippen LogP contribution is -2.02. The van der Waals surface area contributed by atoms with Crippen LogP contribution in [0.4, 0.5) is 0 Å². The summed E-state index contributed by atoms with van der Waals surface area (Å²) in [6.45, 7) is 1.46. The first-order chi connectivity index (χ1) is 9.17. The maximum absolute atomic E-state index is 11.6. The summed E-state index contributed by atoms with van der Waals surface area (Å²) in [6, 6.07) is 3.43. The van der Waals surface area contributed by atoms with E-state index < -0.39 is 0 Å². The Balaban J connectivity index is 2.62. The summed E-state index contributed by atoms with van der Waals surface area (Å²) < 4.78 is 10.2. The lowest BCUT2D eigenvalue weighted by Gasteiger charge is -2.10. The van der Waals surface area contributed by atoms with Gasteiger partial charge in [-0.3, -0.25) is 4.79 Å². The number of methoxy groups -OCH3 is 2. The smallest absolute Gasteiger partial charge is 0.226 e. The van der Waals surface area contributed by atoms with E-state index >= 15 is 0 Å². The molecule has 0 fully saturated rings. The van der Waals surface area contributed by atoms with E-state index in [1.54, 1.807) is 12.1 Å². The van der Waals surface area contributed by atoms with Crippen LogP contribution < -0.4 is 9.47 Å². The Morgan fingerprint density at radius 2 is 2.00 bits per heavy atom. The molecule has 0 saturated heterocycles. The number of aromatic nitrogens is 3. The van der Waals surface area contributed by atoms with Gasteiger partial charge in [0.1, 0.15) is 6.33 Å².